The summed E-state index contributed by atoms with van der Waals surface area (Å²) in [6.45, 7) is 0.999. The monoisotopic (exact) mass is 257 g/mol. The van der Waals surface area contributed by atoms with Gasteiger partial charge in [0.15, 0.2) is 0 Å². The number of hydrogen-bond donors (Lipinski definition) is 1. The molecule has 19 heavy (non-hydrogen) atoms. The van der Waals surface area contributed by atoms with E-state index < -0.39 is 6.10 Å². The highest BCUT2D eigenvalue weighted by atomic mass is 16.3. The van der Waals surface area contributed by atoms with Crippen LogP contribution in [0.3, 0.4) is 0 Å². The Balaban J connectivity index is 1.90. The van der Waals surface area contributed by atoms with Crippen LogP contribution in [0.1, 0.15) is 16.9 Å². The van der Waals surface area contributed by atoms with Gasteiger partial charge >= 0.3 is 0 Å². The number of aliphatic hydroxyl groups is 1. The normalized spacial score (nSPS) is 18.8. The van der Waals surface area contributed by atoms with Gasteiger partial charge in [-0.25, -0.2) is 4.98 Å². The van der Waals surface area contributed by atoms with Crippen LogP contribution >= 0.6 is 0 Å². The lowest BCUT2D eigenvalue weighted by Crippen LogP contribution is -2.30. The van der Waals surface area contributed by atoms with Gasteiger partial charge in [0.05, 0.1) is 18.6 Å². The maximum Gasteiger partial charge on any atom is 0.272 e. The van der Waals surface area contributed by atoms with Gasteiger partial charge in [-0.2, -0.15) is 0 Å². The Kier molecular flexibility index (Phi) is 3.05. The molecule has 0 saturated carbocycles. The SMILES string of the molecule is O=C(c1cncn1-c1ccccc1)N1CCC(O)C1. The third-order valence-corrected chi connectivity index (χ3v) is 3.34. The van der Waals surface area contributed by atoms with E-state index in [0.717, 1.165) is 5.69 Å². The first-order chi connectivity index (χ1) is 9.25. The van der Waals surface area contributed by atoms with E-state index >= 15 is 0 Å². The number of imidazole rings is 1. The van der Waals surface area contributed by atoms with Crippen LogP contribution in [0, 0.1) is 0 Å². The summed E-state index contributed by atoms with van der Waals surface area (Å²) in [4.78, 5) is 18.1. The topological polar surface area (TPSA) is 58.4 Å². The first-order valence-electron chi connectivity index (χ1n) is 6.31. The average molecular weight is 257 g/mol. The van der Waals surface area contributed by atoms with E-state index in [9.17, 15) is 9.90 Å². The number of carbonyl (C=O) groups is 1. The second kappa shape index (κ2) is 4.85. The predicted octanol–water partition coefficient (Wildman–Crippen LogP) is 1.08. The third-order valence-electron chi connectivity index (χ3n) is 3.34. The van der Waals surface area contributed by atoms with Gasteiger partial charge < -0.3 is 10.0 Å². The minimum Gasteiger partial charge on any atom is -0.391 e. The van der Waals surface area contributed by atoms with Gasteiger partial charge in [0.25, 0.3) is 5.91 Å². The number of aromatic nitrogens is 2. The molecule has 1 aliphatic rings. The summed E-state index contributed by atoms with van der Waals surface area (Å²) >= 11 is 0. The lowest BCUT2D eigenvalue weighted by atomic mass is 10.3. The fourth-order valence-electron chi connectivity index (χ4n) is 2.34. The highest BCUT2D eigenvalue weighted by Crippen LogP contribution is 2.16. The van der Waals surface area contributed by atoms with Crippen molar-refractivity contribution < 1.29 is 9.90 Å². The molecule has 2 heterocycles. The fourth-order valence-corrected chi connectivity index (χ4v) is 2.34. The van der Waals surface area contributed by atoms with Gasteiger partial charge in [0.1, 0.15) is 5.69 Å². The number of rotatable bonds is 2. The molecule has 1 saturated heterocycles. The molecule has 1 fully saturated rings. The number of nitrogens with zero attached hydrogens (tertiary/aromatic N) is 3. The van der Waals surface area contributed by atoms with Crippen molar-refractivity contribution >= 4 is 5.91 Å². The van der Waals surface area contributed by atoms with Gasteiger partial charge in [-0.1, -0.05) is 18.2 Å². The maximum atomic E-state index is 12.4. The van der Waals surface area contributed by atoms with E-state index in [0.29, 0.717) is 25.2 Å². The minimum absolute atomic E-state index is 0.0853. The van der Waals surface area contributed by atoms with Crippen LogP contribution in [-0.4, -0.2) is 44.7 Å². The molecule has 0 bridgehead atoms. The molecule has 1 aromatic heterocycles. The molecule has 2 aromatic rings. The van der Waals surface area contributed by atoms with Crippen molar-refractivity contribution in [2.75, 3.05) is 13.1 Å². The highest BCUT2D eigenvalue weighted by molar-refractivity contribution is 5.93. The van der Waals surface area contributed by atoms with E-state index in [1.807, 2.05) is 30.3 Å². The smallest absolute Gasteiger partial charge is 0.272 e. The number of para-hydroxylation sites is 1. The number of carbonyl (C=O) groups excluding carboxylic acids is 1. The van der Waals surface area contributed by atoms with Crippen LogP contribution < -0.4 is 0 Å². The van der Waals surface area contributed by atoms with Crippen LogP contribution in [0.2, 0.25) is 0 Å². The van der Waals surface area contributed by atoms with E-state index in [1.165, 1.54) is 0 Å². The molecular weight excluding hydrogens is 242 g/mol. The summed E-state index contributed by atoms with van der Waals surface area (Å²) in [5.41, 5.74) is 1.43. The summed E-state index contributed by atoms with van der Waals surface area (Å²) < 4.78 is 1.77. The molecule has 3 rings (SSSR count). The first-order valence-corrected chi connectivity index (χ1v) is 6.31. The lowest BCUT2D eigenvalue weighted by molar-refractivity contribution is 0.0757. The molecular formula is C14H15N3O2. The number of amides is 1. The van der Waals surface area contributed by atoms with E-state index in [2.05, 4.69) is 4.98 Å². The molecule has 5 heteroatoms. The molecule has 1 atom stereocenters. The predicted molar refractivity (Wildman–Crippen MR) is 70.1 cm³/mol. The van der Waals surface area contributed by atoms with Crippen molar-refractivity contribution in [3.05, 3.63) is 48.5 Å². The molecule has 5 nitrogen and oxygen atoms in total. The lowest BCUT2D eigenvalue weighted by Gasteiger charge is -2.16. The summed E-state index contributed by atoms with van der Waals surface area (Å²) in [6.07, 6.45) is 3.44. The molecule has 1 aliphatic heterocycles. The molecule has 0 radical (unpaired) electrons. The van der Waals surface area contributed by atoms with E-state index in [4.69, 9.17) is 0 Å². The largest absolute Gasteiger partial charge is 0.391 e. The molecule has 98 valence electrons. The van der Waals surface area contributed by atoms with Gasteiger partial charge in [0, 0.05) is 18.8 Å². The van der Waals surface area contributed by atoms with Crippen LogP contribution in [0.25, 0.3) is 5.69 Å². The van der Waals surface area contributed by atoms with Crippen molar-refractivity contribution in [2.45, 2.75) is 12.5 Å². The van der Waals surface area contributed by atoms with E-state index in [1.54, 1.807) is 22.0 Å². The Morgan fingerprint density at radius 2 is 2.11 bits per heavy atom. The van der Waals surface area contributed by atoms with Gasteiger partial charge in [-0.15, -0.1) is 0 Å². The highest BCUT2D eigenvalue weighted by Gasteiger charge is 2.27. The Morgan fingerprint density at radius 1 is 1.32 bits per heavy atom. The molecule has 1 N–H and O–H groups in total. The van der Waals surface area contributed by atoms with Gasteiger partial charge in [-0.05, 0) is 18.6 Å². The van der Waals surface area contributed by atoms with Crippen molar-refractivity contribution in [1.29, 1.82) is 0 Å². The number of benzene rings is 1. The Morgan fingerprint density at radius 3 is 2.79 bits per heavy atom. The van der Waals surface area contributed by atoms with Crippen LogP contribution in [0.15, 0.2) is 42.9 Å². The number of hydrogen-bond acceptors (Lipinski definition) is 3. The molecule has 0 aliphatic carbocycles. The second-order valence-corrected chi connectivity index (χ2v) is 4.68. The number of likely N-dealkylation sites (tertiary alicyclic amines) is 1. The molecule has 1 aromatic carbocycles. The molecule has 1 unspecified atom stereocenters. The maximum absolute atomic E-state index is 12.4. The quantitative estimate of drug-likeness (QED) is 0.875. The summed E-state index contributed by atoms with van der Waals surface area (Å²) in [6, 6.07) is 9.62. The minimum atomic E-state index is -0.406. The Bertz CT molecular complexity index is 579. The third kappa shape index (κ3) is 2.24. The Hall–Kier alpha value is -2.14. The zero-order chi connectivity index (χ0) is 13.2. The zero-order valence-electron chi connectivity index (χ0n) is 10.4. The van der Waals surface area contributed by atoms with Crippen LogP contribution in [0.5, 0.6) is 0 Å². The summed E-state index contributed by atoms with van der Waals surface area (Å²) in [7, 11) is 0. The van der Waals surface area contributed by atoms with Crippen LogP contribution in [-0.2, 0) is 0 Å². The van der Waals surface area contributed by atoms with E-state index in [-0.39, 0.29) is 5.91 Å². The van der Waals surface area contributed by atoms with Gasteiger partial charge in [-0.3, -0.25) is 9.36 Å². The second-order valence-electron chi connectivity index (χ2n) is 4.68. The number of β-amino-alcohol motifs (C(OH)–C–C–N with tert-alkyl or cyclic N) is 1. The van der Waals surface area contributed by atoms with Crippen molar-refractivity contribution in [2.24, 2.45) is 0 Å². The molecule has 1 amide bonds. The van der Waals surface area contributed by atoms with Crippen molar-refractivity contribution in [3.63, 3.8) is 0 Å². The Labute approximate surface area is 111 Å². The van der Waals surface area contributed by atoms with Gasteiger partial charge in [0.2, 0.25) is 0 Å². The summed E-state index contributed by atoms with van der Waals surface area (Å²) in [5, 5.41) is 9.52. The first kappa shape index (κ1) is 11.9. The van der Waals surface area contributed by atoms with Crippen molar-refractivity contribution in [1.82, 2.24) is 14.5 Å². The average Bonchev–Trinajstić information content (AvgIpc) is 3.07. The summed E-state index contributed by atoms with van der Waals surface area (Å²) in [5.74, 6) is -0.0853. The number of aliphatic hydroxyl groups excluding tert-OH is 1. The molecule has 0 spiro atoms. The fraction of sp³-hybridized carbons (Fsp3) is 0.286. The zero-order valence-corrected chi connectivity index (χ0v) is 10.4. The van der Waals surface area contributed by atoms with Crippen molar-refractivity contribution in [3.8, 4) is 5.69 Å². The standard InChI is InChI=1S/C14H15N3O2/c18-12-6-7-16(9-12)14(19)13-8-15-10-17(13)11-4-2-1-3-5-11/h1-5,8,10,12,18H,6-7,9H2. The van der Waals surface area contributed by atoms with Crippen LogP contribution in [0.4, 0.5) is 0 Å².